The highest BCUT2D eigenvalue weighted by Crippen LogP contribution is 2.15. The van der Waals surface area contributed by atoms with Gasteiger partial charge in [-0.2, -0.15) is 0 Å². The highest BCUT2D eigenvalue weighted by Gasteiger charge is 2.12. The Morgan fingerprint density at radius 1 is 1.53 bits per heavy atom. The van der Waals surface area contributed by atoms with Gasteiger partial charge in [0.2, 0.25) is 0 Å². The molecule has 0 unspecified atom stereocenters. The number of hydrogen-bond donors (Lipinski definition) is 2. The molecule has 0 fully saturated rings. The fourth-order valence-electron chi connectivity index (χ4n) is 1.33. The zero-order chi connectivity index (χ0) is 12.3. The summed E-state index contributed by atoms with van der Waals surface area (Å²) in [6.07, 6.45) is 1.66. The van der Waals surface area contributed by atoms with Gasteiger partial charge in [-0.1, -0.05) is 6.07 Å². The summed E-state index contributed by atoms with van der Waals surface area (Å²) >= 11 is 1.44. The smallest absolute Gasteiger partial charge is 0.253 e. The van der Waals surface area contributed by atoms with Gasteiger partial charge >= 0.3 is 0 Å². The van der Waals surface area contributed by atoms with Crippen molar-refractivity contribution in [3.8, 4) is 0 Å². The minimum Gasteiger partial charge on any atom is -0.396 e. The molecule has 0 spiro atoms. The molecule has 0 aliphatic carbocycles. The molecule has 3 N–H and O–H groups in total. The molecule has 0 atom stereocenters. The van der Waals surface area contributed by atoms with E-state index in [-0.39, 0.29) is 11.3 Å². The van der Waals surface area contributed by atoms with Crippen molar-refractivity contribution in [3.05, 3.63) is 46.2 Å². The lowest BCUT2D eigenvalue weighted by atomic mass is 10.1. The van der Waals surface area contributed by atoms with Crippen LogP contribution in [0.3, 0.4) is 0 Å². The number of halogens is 1. The Kier molecular flexibility index (Phi) is 3.34. The summed E-state index contributed by atoms with van der Waals surface area (Å²) in [6.45, 7) is 0.312. The van der Waals surface area contributed by atoms with E-state index in [2.05, 4.69) is 10.3 Å². The molecule has 1 aromatic heterocycles. The molecule has 1 amide bonds. The van der Waals surface area contributed by atoms with Gasteiger partial charge in [-0.25, -0.2) is 9.37 Å². The normalized spacial score (nSPS) is 10.2. The third-order valence-corrected chi connectivity index (χ3v) is 2.96. The predicted molar refractivity (Wildman–Crippen MR) is 64.1 cm³/mol. The van der Waals surface area contributed by atoms with Crippen LogP contribution in [0, 0.1) is 5.82 Å². The number of aromatic nitrogens is 1. The minimum absolute atomic E-state index is 0.135. The predicted octanol–water partition coefficient (Wildman–Crippen LogP) is 1.79. The van der Waals surface area contributed by atoms with Gasteiger partial charge in [0.25, 0.3) is 5.91 Å². The number of nitrogen functional groups attached to an aromatic ring is 1. The van der Waals surface area contributed by atoms with Gasteiger partial charge in [0.05, 0.1) is 17.8 Å². The fourth-order valence-corrected chi connectivity index (χ4v) is 1.88. The van der Waals surface area contributed by atoms with Crippen LogP contribution >= 0.6 is 11.3 Å². The van der Waals surface area contributed by atoms with Crippen molar-refractivity contribution in [2.75, 3.05) is 5.73 Å². The highest BCUT2D eigenvalue weighted by molar-refractivity contribution is 7.09. The number of amides is 1. The summed E-state index contributed by atoms with van der Waals surface area (Å²) in [4.78, 5) is 15.8. The van der Waals surface area contributed by atoms with Crippen LogP contribution in [0.2, 0.25) is 0 Å². The van der Waals surface area contributed by atoms with Gasteiger partial charge in [-0.3, -0.25) is 4.79 Å². The lowest BCUT2D eigenvalue weighted by Gasteiger charge is -2.06. The lowest BCUT2D eigenvalue weighted by Crippen LogP contribution is -2.24. The molecular weight excluding hydrogens is 241 g/mol. The summed E-state index contributed by atoms with van der Waals surface area (Å²) < 4.78 is 13.1. The van der Waals surface area contributed by atoms with Crippen molar-refractivity contribution in [1.29, 1.82) is 0 Å². The van der Waals surface area contributed by atoms with Crippen molar-refractivity contribution in [3.63, 3.8) is 0 Å². The molecule has 0 radical (unpaired) electrons. The van der Waals surface area contributed by atoms with E-state index in [4.69, 9.17) is 5.73 Å². The Bertz CT molecular complexity index is 528. The number of nitrogens with zero attached hydrogens (tertiary/aromatic N) is 1. The Balaban J connectivity index is 2.07. The van der Waals surface area contributed by atoms with Crippen molar-refractivity contribution >= 4 is 22.9 Å². The molecule has 2 aromatic rings. The molecule has 4 nitrogen and oxygen atoms in total. The first-order valence-corrected chi connectivity index (χ1v) is 5.77. The monoisotopic (exact) mass is 251 g/mol. The number of nitrogens with two attached hydrogens (primary N) is 1. The van der Waals surface area contributed by atoms with Gasteiger partial charge < -0.3 is 11.1 Å². The fraction of sp³-hybridized carbons (Fsp3) is 0.0909. The van der Waals surface area contributed by atoms with Crippen molar-refractivity contribution in [2.45, 2.75) is 6.54 Å². The van der Waals surface area contributed by atoms with Crippen LogP contribution in [0.25, 0.3) is 0 Å². The van der Waals surface area contributed by atoms with Gasteiger partial charge in [0, 0.05) is 11.6 Å². The second kappa shape index (κ2) is 4.92. The first-order valence-electron chi connectivity index (χ1n) is 4.89. The number of hydrogen-bond acceptors (Lipinski definition) is 4. The number of carbonyl (C=O) groups is 1. The quantitative estimate of drug-likeness (QED) is 0.817. The van der Waals surface area contributed by atoms with Gasteiger partial charge in [-0.15, -0.1) is 11.3 Å². The summed E-state index contributed by atoms with van der Waals surface area (Å²) in [5.41, 5.74) is 5.49. The van der Waals surface area contributed by atoms with Crippen molar-refractivity contribution in [1.82, 2.24) is 10.3 Å². The number of benzene rings is 1. The molecule has 0 aliphatic heterocycles. The molecule has 0 bridgehead atoms. The van der Waals surface area contributed by atoms with Gasteiger partial charge in [-0.05, 0) is 12.1 Å². The number of rotatable bonds is 3. The standard InChI is InChI=1S/C11H10FN3OS/c12-8-3-1-2-7(10(8)13)11(16)15-6-9-14-4-5-17-9/h1-5H,6,13H2,(H,15,16). The van der Waals surface area contributed by atoms with Crippen molar-refractivity contribution < 1.29 is 9.18 Å². The van der Waals surface area contributed by atoms with Crippen LogP contribution in [-0.2, 0) is 6.54 Å². The van der Waals surface area contributed by atoms with E-state index in [0.717, 1.165) is 5.01 Å². The average Bonchev–Trinajstić information content (AvgIpc) is 2.82. The second-order valence-electron chi connectivity index (χ2n) is 3.31. The van der Waals surface area contributed by atoms with Gasteiger partial charge in [0.1, 0.15) is 10.8 Å². The molecule has 17 heavy (non-hydrogen) atoms. The third-order valence-electron chi connectivity index (χ3n) is 2.18. The largest absolute Gasteiger partial charge is 0.396 e. The molecule has 6 heteroatoms. The number of carbonyl (C=O) groups excluding carboxylic acids is 1. The average molecular weight is 251 g/mol. The Morgan fingerprint density at radius 3 is 3.06 bits per heavy atom. The molecular formula is C11H10FN3OS. The molecule has 1 heterocycles. The number of thiazole rings is 1. The summed E-state index contributed by atoms with van der Waals surface area (Å²) in [6, 6.07) is 4.15. The highest BCUT2D eigenvalue weighted by atomic mass is 32.1. The van der Waals surface area contributed by atoms with Crippen molar-refractivity contribution in [2.24, 2.45) is 0 Å². The van der Waals surface area contributed by atoms with Gasteiger partial charge in [0.15, 0.2) is 0 Å². The van der Waals surface area contributed by atoms with E-state index in [1.807, 2.05) is 5.38 Å². The Hall–Kier alpha value is -1.95. The molecule has 0 saturated carbocycles. The lowest BCUT2D eigenvalue weighted by molar-refractivity contribution is 0.0951. The first-order chi connectivity index (χ1) is 8.18. The number of nitrogens with one attached hydrogen (secondary N) is 1. The zero-order valence-electron chi connectivity index (χ0n) is 8.81. The minimum atomic E-state index is -0.591. The molecule has 88 valence electrons. The van der Waals surface area contributed by atoms with E-state index >= 15 is 0 Å². The third kappa shape index (κ3) is 2.59. The summed E-state index contributed by atoms with van der Waals surface area (Å²) in [5, 5.41) is 5.23. The first kappa shape index (κ1) is 11.5. The SMILES string of the molecule is Nc1c(F)cccc1C(=O)NCc1nccs1. The van der Waals surface area contributed by atoms with E-state index in [1.165, 1.54) is 29.5 Å². The van der Waals surface area contributed by atoms with Crippen LogP contribution in [-0.4, -0.2) is 10.9 Å². The van der Waals surface area contributed by atoms with E-state index in [9.17, 15) is 9.18 Å². The second-order valence-corrected chi connectivity index (χ2v) is 4.29. The Labute approximate surface area is 101 Å². The molecule has 0 aliphatic rings. The van der Waals surface area contributed by atoms with Crippen LogP contribution in [0.4, 0.5) is 10.1 Å². The Morgan fingerprint density at radius 2 is 2.35 bits per heavy atom. The van der Waals surface area contributed by atoms with Crippen LogP contribution in [0.15, 0.2) is 29.8 Å². The van der Waals surface area contributed by atoms with Crippen LogP contribution in [0.5, 0.6) is 0 Å². The zero-order valence-corrected chi connectivity index (χ0v) is 9.63. The summed E-state index contributed by atoms with van der Waals surface area (Å²) in [5.74, 6) is -0.996. The maximum atomic E-state index is 13.1. The van der Waals surface area contributed by atoms with E-state index in [1.54, 1.807) is 6.20 Å². The summed E-state index contributed by atoms with van der Waals surface area (Å²) in [7, 11) is 0. The maximum Gasteiger partial charge on any atom is 0.253 e. The molecule has 0 saturated heterocycles. The van der Waals surface area contributed by atoms with Crippen LogP contribution in [0.1, 0.15) is 15.4 Å². The van der Waals surface area contributed by atoms with E-state index in [0.29, 0.717) is 6.54 Å². The maximum absolute atomic E-state index is 13.1. The van der Waals surface area contributed by atoms with Crippen LogP contribution < -0.4 is 11.1 Å². The molecule has 1 aromatic carbocycles. The van der Waals surface area contributed by atoms with E-state index < -0.39 is 11.7 Å². The number of anilines is 1. The number of para-hydroxylation sites is 1. The molecule has 2 rings (SSSR count). The topological polar surface area (TPSA) is 68.0 Å².